The molecule has 3 rings (SSSR count). The van der Waals surface area contributed by atoms with Gasteiger partial charge in [-0.25, -0.2) is 0 Å². The van der Waals surface area contributed by atoms with Crippen LogP contribution in [0.4, 0.5) is 0 Å². The quantitative estimate of drug-likeness (QED) is 0.413. The molecule has 2 unspecified atom stereocenters. The third-order valence-corrected chi connectivity index (χ3v) is 6.69. The minimum atomic E-state index is 0.0594. The molecule has 0 amide bonds. The Morgan fingerprint density at radius 2 is 1.28 bits per heavy atom. The van der Waals surface area contributed by atoms with Gasteiger partial charge in [-0.3, -0.25) is 0 Å². The summed E-state index contributed by atoms with van der Waals surface area (Å²) >= 11 is 0. The molecular formula is C29H42. The average Bonchev–Trinajstić information content (AvgIpc) is 2.87. The first-order chi connectivity index (χ1) is 13.3. The monoisotopic (exact) mass is 390 g/mol. The third kappa shape index (κ3) is 5.97. The van der Waals surface area contributed by atoms with E-state index in [0.717, 1.165) is 5.92 Å². The minimum Gasteiger partial charge on any atom is -0.0721 e. The molecule has 0 nitrogen and oxygen atoms in total. The van der Waals surface area contributed by atoms with E-state index in [-0.39, 0.29) is 10.8 Å². The predicted octanol–water partition coefficient (Wildman–Crippen LogP) is 8.76. The Labute approximate surface area is 180 Å². The molecule has 0 heteroatoms. The Hall–Kier alpha value is -1.56. The first-order valence-electron chi connectivity index (χ1n) is 11.6. The lowest BCUT2D eigenvalue weighted by molar-refractivity contribution is 0.260. The van der Waals surface area contributed by atoms with Crippen molar-refractivity contribution in [3.05, 3.63) is 70.9 Å². The van der Waals surface area contributed by atoms with Gasteiger partial charge in [-0.15, -0.1) is 0 Å². The lowest BCUT2D eigenvalue weighted by Crippen LogP contribution is -2.17. The van der Waals surface area contributed by atoms with E-state index in [4.69, 9.17) is 0 Å². The van der Waals surface area contributed by atoms with Crippen LogP contribution in [0.3, 0.4) is 0 Å². The van der Waals surface area contributed by atoms with Crippen LogP contribution in [0.15, 0.2) is 70.9 Å². The van der Waals surface area contributed by atoms with Crippen LogP contribution < -0.4 is 0 Å². The van der Waals surface area contributed by atoms with Gasteiger partial charge in [-0.05, 0) is 60.2 Å². The Kier molecular flexibility index (Phi) is 6.06. The predicted molar refractivity (Wildman–Crippen MR) is 129 cm³/mol. The molecule has 0 radical (unpaired) electrons. The van der Waals surface area contributed by atoms with Gasteiger partial charge in [0.25, 0.3) is 0 Å². The summed E-state index contributed by atoms with van der Waals surface area (Å²) < 4.78 is 0. The van der Waals surface area contributed by atoms with Crippen molar-refractivity contribution in [2.45, 2.75) is 81.1 Å². The lowest BCUT2D eigenvalue weighted by atomic mass is 9.76. The molecule has 2 atom stereocenters. The maximum Gasteiger partial charge on any atom is 0.00195 e. The highest BCUT2D eigenvalue weighted by atomic mass is 14.4. The fraction of sp³-hybridized carbons (Fsp3) is 0.586. The fourth-order valence-corrected chi connectivity index (χ4v) is 5.78. The van der Waals surface area contributed by atoms with E-state index < -0.39 is 0 Å². The number of hydrogen-bond donors (Lipinski definition) is 0. The van der Waals surface area contributed by atoms with Crippen LogP contribution in [0, 0.1) is 28.1 Å². The second-order valence-corrected chi connectivity index (χ2v) is 12.0. The van der Waals surface area contributed by atoms with Crippen molar-refractivity contribution in [2.24, 2.45) is 28.1 Å². The van der Waals surface area contributed by atoms with Gasteiger partial charge in [0.2, 0.25) is 0 Å². The molecule has 29 heavy (non-hydrogen) atoms. The zero-order valence-electron chi connectivity index (χ0n) is 20.1. The Morgan fingerprint density at radius 3 is 1.93 bits per heavy atom. The molecule has 0 aromatic rings. The second-order valence-electron chi connectivity index (χ2n) is 12.0. The van der Waals surface area contributed by atoms with Gasteiger partial charge >= 0.3 is 0 Å². The molecule has 0 saturated heterocycles. The smallest absolute Gasteiger partial charge is 0.00195 e. The van der Waals surface area contributed by atoms with Crippen molar-refractivity contribution in [1.82, 2.24) is 0 Å². The standard InChI is InChI=1S/C29H42/c1-21-9-11-23(17-27(3,4)15-21)25-13-14-26(20-29(7,8)19-25)24-12-10-22(2)16-28(5,6)18-24/h9,11,13-15,17,19-20,22,24H,10,12,16,18H2,1-8H3. The highest BCUT2D eigenvalue weighted by Crippen LogP contribution is 2.44. The number of allylic oxidation sites excluding steroid dienone is 12. The average molecular weight is 391 g/mol. The van der Waals surface area contributed by atoms with Crippen LogP contribution in [-0.4, -0.2) is 0 Å². The van der Waals surface area contributed by atoms with Gasteiger partial charge in [0.05, 0.1) is 0 Å². The summed E-state index contributed by atoms with van der Waals surface area (Å²) in [6.07, 6.45) is 24.5. The van der Waals surface area contributed by atoms with Crippen molar-refractivity contribution in [1.29, 1.82) is 0 Å². The molecular weight excluding hydrogens is 348 g/mol. The molecule has 0 spiro atoms. The third-order valence-electron chi connectivity index (χ3n) is 6.69. The normalized spacial score (nSPS) is 30.9. The molecule has 158 valence electrons. The van der Waals surface area contributed by atoms with Crippen LogP contribution in [0.5, 0.6) is 0 Å². The topological polar surface area (TPSA) is 0 Å². The summed E-state index contributed by atoms with van der Waals surface area (Å²) in [5, 5.41) is 0. The van der Waals surface area contributed by atoms with Gasteiger partial charge in [-0.2, -0.15) is 0 Å². The first-order valence-corrected chi connectivity index (χ1v) is 11.6. The molecule has 3 aliphatic carbocycles. The van der Waals surface area contributed by atoms with Crippen LogP contribution in [0.2, 0.25) is 0 Å². The molecule has 0 aromatic carbocycles. The van der Waals surface area contributed by atoms with Crippen molar-refractivity contribution in [2.75, 3.05) is 0 Å². The van der Waals surface area contributed by atoms with Gasteiger partial charge < -0.3 is 0 Å². The van der Waals surface area contributed by atoms with Crippen LogP contribution in [0.1, 0.15) is 81.1 Å². The maximum absolute atomic E-state index is 2.54. The summed E-state index contributed by atoms with van der Waals surface area (Å²) in [6.45, 7) is 18.9. The van der Waals surface area contributed by atoms with Gasteiger partial charge in [-0.1, -0.05) is 109 Å². The van der Waals surface area contributed by atoms with Crippen molar-refractivity contribution in [3.8, 4) is 0 Å². The SMILES string of the molecule is CC1=CC(C)(C)C=C(C2=CC(C)(C)C=C(C3CCC(C)CC(C)(C)C3)C=C2)C=C1. The molecule has 0 bridgehead atoms. The van der Waals surface area contributed by atoms with E-state index >= 15 is 0 Å². The van der Waals surface area contributed by atoms with E-state index in [0.29, 0.717) is 11.3 Å². The summed E-state index contributed by atoms with van der Waals surface area (Å²) in [4.78, 5) is 0. The Morgan fingerprint density at radius 1 is 0.690 bits per heavy atom. The minimum absolute atomic E-state index is 0.0594. The van der Waals surface area contributed by atoms with Crippen molar-refractivity contribution in [3.63, 3.8) is 0 Å². The van der Waals surface area contributed by atoms with Crippen LogP contribution >= 0.6 is 0 Å². The van der Waals surface area contributed by atoms with Gasteiger partial charge in [0, 0.05) is 10.8 Å². The summed E-state index contributed by atoms with van der Waals surface area (Å²) in [6, 6.07) is 0. The molecule has 3 aliphatic rings. The van der Waals surface area contributed by atoms with Crippen LogP contribution in [0.25, 0.3) is 0 Å². The Bertz CT molecular complexity index is 814. The van der Waals surface area contributed by atoms with Crippen molar-refractivity contribution < 1.29 is 0 Å². The lowest BCUT2D eigenvalue weighted by Gasteiger charge is -2.29. The zero-order chi connectivity index (χ0) is 21.4. The van der Waals surface area contributed by atoms with E-state index in [1.165, 1.54) is 42.4 Å². The molecule has 0 aliphatic heterocycles. The van der Waals surface area contributed by atoms with Gasteiger partial charge in [0.15, 0.2) is 0 Å². The zero-order valence-corrected chi connectivity index (χ0v) is 20.1. The molecule has 1 saturated carbocycles. The van der Waals surface area contributed by atoms with E-state index in [1.54, 1.807) is 5.57 Å². The van der Waals surface area contributed by atoms with E-state index in [1.807, 2.05) is 0 Å². The van der Waals surface area contributed by atoms with E-state index in [9.17, 15) is 0 Å². The molecule has 0 N–H and O–H groups in total. The number of hydrogen-bond acceptors (Lipinski definition) is 0. The largest absolute Gasteiger partial charge is 0.0721 e. The van der Waals surface area contributed by atoms with Crippen LogP contribution in [-0.2, 0) is 0 Å². The molecule has 1 fully saturated rings. The maximum atomic E-state index is 2.54. The second kappa shape index (κ2) is 7.93. The first kappa shape index (κ1) is 22.1. The fourth-order valence-electron chi connectivity index (χ4n) is 5.78. The van der Waals surface area contributed by atoms with Crippen molar-refractivity contribution >= 4 is 0 Å². The molecule has 0 aromatic heterocycles. The highest BCUT2D eigenvalue weighted by molar-refractivity contribution is 5.54. The summed E-state index contributed by atoms with van der Waals surface area (Å²) in [5.74, 6) is 1.52. The summed E-state index contributed by atoms with van der Waals surface area (Å²) in [7, 11) is 0. The number of rotatable bonds is 2. The van der Waals surface area contributed by atoms with E-state index in [2.05, 4.69) is 104 Å². The van der Waals surface area contributed by atoms with Gasteiger partial charge in [0.1, 0.15) is 0 Å². The summed E-state index contributed by atoms with van der Waals surface area (Å²) in [5.41, 5.74) is 6.16. The Balaban J connectivity index is 1.93. The molecule has 0 heterocycles. The highest BCUT2D eigenvalue weighted by Gasteiger charge is 2.31.